The van der Waals surface area contributed by atoms with Gasteiger partial charge in [-0.15, -0.1) is 0 Å². The summed E-state index contributed by atoms with van der Waals surface area (Å²) >= 11 is 0. The molecule has 0 saturated heterocycles. The van der Waals surface area contributed by atoms with Crippen molar-refractivity contribution in [3.05, 3.63) is 35.9 Å². The summed E-state index contributed by atoms with van der Waals surface area (Å²) in [7, 11) is 1.62. The molecule has 1 atom stereocenters. The van der Waals surface area contributed by atoms with Crippen LogP contribution in [-0.4, -0.2) is 25.0 Å². The number of ether oxygens (including phenoxy) is 2. The molecule has 0 saturated carbocycles. The van der Waals surface area contributed by atoms with Gasteiger partial charge in [0.1, 0.15) is 5.60 Å². The Morgan fingerprint density at radius 2 is 2.00 bits per heavy atom. The fourth-order valence-corrected chi connectivity index (χ4v) is 1.79. The predicted octanol–water partition coefficient (Wildman–Crippen LogP) is 3.02. The van der Waals surface area contributed by atoms with E-state index in [1.807, 2.05) is 30.3 Å². The standard InChI is InChI=1S/C13H18O4/c1-13(17-12(14)15,9-6-10-16-2)11-7-4-3-5-8-11/h3-5,7-8H,6,9-10H2,1-2H3,(H,14,15). The highest BCUT2D eigenvalue weighted by molar-refractivity contribution is 5.58. The first-order valence-electron chi connectivity index (χ1n) is 5.55. The summed E-state index contributed by atoms with van der Waals surface area (Å²) in [6.45, 7) is 2.37. The van der Waals surface area contributed by atoms with Crippen molar-refractivity contribution in [2.45, 2.75) is 25.4 Å². The third-order valence-electron chi connectivity index (χ3n) is 2.70. The van der Waals surface area contributed by atoms with Crippen molar-refractivity contribution in [3.8, 4) is 0 Å². The lowest BCUT2D eigenvalue weighted by atomic mass is 9.91. The summed E-state index contributed by atoms with van der Waals surface area (Å²) < 4.78 is 10.0. The van der Waals surface area contributed by atoms with E-state index in [1.54, 1.807) is 14.0 Å². The summed E-state index contributed by atoms with van der Waals surface area (Å²) in [5.74, 6) is 0. The Hall–Kier alpha value is -1.55. The van der Waals surface area contributed by atoms with Gasteiger partial charge in [0, 0.05) is 13.7 Å². The molecule has 0 aliphatic heterocycles. The van der Waals surface area contributed by atoms with Crippen LogP contribution in [-0.2, 0) is 15.1 Å². The molecule has 1 unspecified atom stereocenters. The van der Waals surface area contributed by atoms with Crippen molar-refractivity contribution in [2.75, 3.05) is 13.7 Å². The second-order valence-electron chi connectivity index (χ2n) is 4.06. The van der Waals surface area contributed by atoms with Gasteiger partial charge in [-0.3, -0.25) is 0 Å². The second-order valence-corrected chi connectivity index (χ2v) is 4.06. The molecule has 94 valence electrons. The Bertz CT molecular complexity index is 350. The molecule has 1 N–H and O–H groups in total. The first-order valence-corrected chi connectivity index (χ1v) is 5.55. The fraction of sp³-hybridized carbons (Fsp3) is 0.462. The molecule has 0 radical (unpaired) electrons. The molecule has 0 aromatic heterocycles. The number of methoxy groups -OCH3 is 1. The first kappa shape index (κ1) is 13.5. The second kappa shape index (κ2) is 6.25. The molecule has 1 aromatic carbocycles. The van der Waals surface area contributed by atoms with Crippen LogP contribution < -0.4 is 0 Å². The van der Waals surface area contributed by atoms with Gasteiger partial charge < -0.3 is 14.6 Å². The Morgan fingerprint density at radius 1 is 1.35 bits per heavy atom. The summed E-state index contributed by atoms with van der Waals surface area (Å²) in [5, 5.41) is 8.81. The van der Waals surface area contributed by atoms with Crippen LogP contribution in [0.2, 0.25) is 0 Å². The van der Waals surface area contributed by atoms with Gasteiger partial charge in [-0.2, -0.15) is 0 Å². The number of carbonyl (C=O) groups is 1. The van der Waals surface area contributed by atoms with Gasteiger partial charge in [-0.1, -0.05) is 30.3 Å². The van der Waals surface area contributed by atoms with E-state index in [9.17, 15) is 4.79 Å². The van der Waals surface area contributed by atoms with Gasteiger partial charge in [0.2, 0.25) is 0 Å². The zero-order valence-corrected chi connectivity index (χ0v) is 10.2. The number of hydrogen-bond donors (Lipinski definition) is 1. The molecule has 0 heterocycles. The molecule has 1 rings (SSSR count). The number of hydrogen-bond acceptors (Lipinski definition) is 3. The van der Waals surface area contributed by atoms with Crippen LogP contribution in [0.5, 0.6) is 0 Å². The van der Waals surface area contributed by atoms with E-state index in [0.29, 0.717) is 13.0 Å². The van der Waals surface area contributed by atoms with E-state index in [4.69, 9.17) is 14.6 Å². The van der Waals surface area contributed by atoms with Crippen molar-refractivity contribution in [2.24, 2.45) is 0 Å². The smallest absolute Gasteiger partial charge is 0.450 e. The molecular weight excluding hydrogens is 220 g/mol. The van der Waals surface area contributed by atoms with Gasteiger partial charge in [0.15, 0.2) is 0 Å². The maximum Gasteiger partial charge on any atom is 0.506 e. The lowest BCUT2D eigenvalue weighted by molar-refractivity contribution is -0.0205. The molecule has 0 amide bonds. The van der Waals surface area contributed by atoms with Crippen molar-refractivity contribution >= 4 is 6.16 Å². The average molecular weight is 238 g/mol. The highest BCUT2D eigenvalue weighted by Gasteiger charge is 2.30. The first-order chi connectivity index (χ1) is 8.08. The lowest BCUT2D eigenvalue weighted by Gasteiger charge is -2.28. The minimum Gasteiger partial charge on any atom is -0.450 e. The van der Waals surface area contributed by atoms with Gasteiger partial charge >= 0.3 is 6.16 Å². The van der Waals surface area contributed by atoms with Crippen LogP contribution in [0.3, 0.4) is 0 Å². The Balaban J connectivity index is 2.81. The van der Waals surface area contributed by atoms with Crippen LogP contribution in [0.1, 0.15) is 25.3 Å². The van der Waals surface area contributed by atoms with Crippen LogP contribution in [0.15, 0.2) is 30.3 Å². The van der Waals surface area contributed by atoms with Gasteiger partial charge in [0.25, 0.3) is 0 Å². The summed E-state index contributed by atoms with van der Waals surface area (Å²) in [6, 6.07) is 9.37. The van der Waals surface area contributed by atoms with E-state index >= 15 is 0 Å². The van der Waals surface area contributed by atoms with Gasteiger partial charge in [-0.25, -0.2) is 4.79 Å². The van der Waals surface area contributed by atoms with Crippen molar-refractivity contribution in [1.82, 2.24) is 0 Å². The van der Waals surface area contributed by atoms with E-state index < -0.39 is 11.8 Å². The molecular formula is C13H18O4. The third-order valence-corrected chi connectivity index (χ3v) is 2.70. The van der Waals surface area contributed by atoms with Crippen molar-refractivity contribution in [3.63, 3.8) is 0 Å². The zero-order valence-electron chi connectivity index (χ0n) is 10.2. The summed E-state index contributed by atoms with van der Waals surface area (Å²) in [6.07, 6.45) is 0.0838. The quantitative estimate of drug-likeness (QED) is 0.611. The minimum atomic E-state index is -1.26. The molecule has 0 aliphatic carbocycles. The molecule has 0 fully saturated rings. The Kier molecular flexibility index (Phi) is 4.97. The Morgan fingerprint density at radius 3 is 2.53 bits per heavy atom. The van der Waals surface area contributed by atoms with E-state index in [1.165, 1.54) is 0 Å². The van der Waals surface area contributed by atoms with Crippen LogP contribution >= 0.6 is 0 Å². The van der Waals surface area contributed by atoms with E-state index in [-0.39, 0.29) is 0 Å². The highest BCUT2D eigenvalue weighted by atomic mass is 16.7. The predicted molar refractivity (Wildman–Crippen MR) is 64.0 cm³/mol. The summed E-state index contributed by atoms with van der Waals surface area (Å²) in [4.78, 5) is 10.8. The fourth-order valence-electron chi connectivity index (χ4n) is 1.79. The molecule has 4 nitrogen and oxygen atoms in total. The van der Waals surface area contributed by atoms with Crippen molar-refractivity contribution < 1.29 is 19.4 Å². The van der Waals surface area contributed by atoms with Crippen LogP contribution in [0.25, 0.3) is 0 Å². The number of carboxylic acid groups (broad SMARTS) is 1. The molecule has 17 heavy (non-hydrogen) atoms. The molecule has 0 aliphatic rings. The highest BCUT2D eigenvalue weighted by Crippen LogP contribution is 2.30. The number of benzene rings is 1. The largest absolute Gasteiger partial charge is 0.506 e. The SMILES string of the molecule is COCCCC(C)(OC(=O)O)c1ccccc1. The normalized spacial score (nSPS) is 14.0. The van der Waals surface area contributed by atoms with Crippen LogP contribution in [0, 0.1) is 0 Å². The van der Waals surface area contributed by atoms with Gasteiger partial charge in [0.05, 0.1) is 0 Å². The van der Waals surface area contributed by atoms with E-state index in [0.717, 1.165) is 12.0 Å². The monoisotopic (exact) mass is 238 g/mol. The third kappa shape index (κ3) is 4.07. The molecule has 1 aromatic rings. The maximum atomic E-state index is 10.8. The zero-order chi connectivity index (χ0) is 12.7. The Labute approximate surface area is 101 Å². The molecule has 0 bridgehead atoms. The topological polar surface area (TPSA) is 55.8 Å². The average Bonchev–Trinajstić information content (AvgIpc) is 2.29. The van der Waals surface area contributed by atoms with Gasteiger partial charge in [-0.05, 0) is 25.3 Å². The molecule has 4 heteroatoms. The lowest BCUT2D eigenvalue weighted by Crippen LogP contribution is -2.29. The minimum absolute atomic E-state index is 0.589. The van der Waals surface area contributed by atoms with Crippen LogP contribution in [0.4, 0.5) is 4.79 Å². The van der Waals surface area contributed by atoms with Crippen molar-refractivity contribution in [1.29, 1.82) is 0 Å². The number of rotatable bonds is 6. The maximum absolute atomic E-state index is 10.8. The van der Waals surface area contributed by atoms with E-state index in [2.05, 4.69) is 0 Å². The molecule has 0 spiro atoms. The summed E-state index contributed by atoms with van der Waals surface area (Å²) in [5.41, 5.74) is 0.0459.